The van der Waals surface area contributed by atoms with Crippen LogP contribution in [0.15, 0.2) is 0 Å². The van der Waals surface area contributed by atoms with Crippen molar-refractivity contribution in [2.45, 2.75) is 12.8 Å². The van der Waals surface area contributed by atoms with Crippen molar-refractivity contribution in [2.75, 3.05) is 24.4 Å². The summed E-state index contributed by atoms with van der Waals surface area (Å²) < 4.78 is 45.9. The monoisotopic (exact) mass is 255 g/mol. The van der Waals surface area contributed by atoms with E-state index in [0.29, 0.717) is 0 Å². The van der Waals surface area contributed by atoms with Gasteiger partial charge in [-0.25, -0.2) is 21.1 Å². The van der Waals surface area contributed by atoms with Crippen LogP contribution in [0.2, 0.25) is 0 Å². The van der Waals surface area contributed by atoms with Crippen LogP contribution >= 0.6 is 0 Å². The molecule has 1 fully saturated rings. The van der Waals surface area contributed by atoms with Crippen molar-refractivity contribution in [3.05, 3.63) is 0 Å². The highest BCUT2D eigenvalue weighted by atomic mass is 32.3. The van der Waals surface area contributed by atoms with Gasteiger partial charge >= 0.3 is 0 Å². The van der Waals surface area contributed by atoms with Crippen molar-refractivity contribution in [2.24, 2.45) is 0 Å². The third-order valence-electron chi connectivity index (χ3n) is 2.04. The van der Waals surface area contributed by atoms with Gasteiger partial charge in [-0.15, -0.1) is 0 Å². The predicted octanol–water partition coefficient (Wildman–Crippen LogP) is -1.02. The van der Waals surface area contributed by atoms with Crippen molar-refractivity contribution in [3.8, 4) is 0 Å². The molecule has 0 N–H and O–H groups in total. The van der Waals surface area contributed by atoms with Crippen molar-refractivity contribution in [1.29, 1.82) is 0 Å². The lowest BCUT2D eigenvalue weighted by atomic mass is 10.1. The fourth-order valence-corrected chi connectivity index (χ4v) is 4.86. The lowest BCUT2D eigenvalue weighted by Crippen LogP contribution is -2.41. The first-order valence-electron chi connectivity index (χ1n) is 4.38. The number of hydrogen-bond acceptors (Lipinski definition) is 5. The zero-order valence-electron chi connectivity index (χ0n) is 8.34. The number of rotatable bonds is 3. The van der Waals surface area contributed by atoms with E-state index < -0.39 is 24.9 Å². The summed E-state index contributed by atoms with van der Waals surface area (Å²) in [6, 6.07) is 0. The zero-order chi connectivity index (χ0) is 11.7. The van der Waals surface area contributed by atoms with E-state index in [0.717, 1.165) is 10.6 Å². The van der Waals surface area contributed by atoms with E-state index in [2.05, 4.69) is 0 Å². The predicted molar refractivity (Wildman–Crippen MR) is 54.4 cm³/mol. The highest BCUT2D eigenvalue weighted by molar-refractivity contribution is 8.06. The molecule has 0 radical (unpaired) electrons. The molecule has 8 heteroatoms. The molecule has 1 rings (SSSR count). The molecule has 1 aliphatic heterocycles. The third-order valence-corrected chi connectivity index (χ3v) is 6.09. The third kappa shape index (κ3) is 3.88. The van der Waals surface area contributed by atoms with E-state index in [1.165, 1.54) is 0 Å². The molecule has 0 saturated carbocycles. The van der Waals surface area contributed by atoms with E-state index in [-0.39, 0.29) is 31.7 Å². The molecule has 6 nitrogen and oxygen atoms in total. The molecule has 0 aromatic rings. The minimum absolute atomic E-state index is 0.0146. The van der Waals surface area contributed by atoms with Crippen LogP contribution in [0.3, 0.4) is 0 Å². The smallest absolute Gasteiger partial charge is 0.228 e. The van der Waals surface area contributed by atoms with Crippen LogP contribution in [-0.2, 0) is 24.7 Å². The fourth-order valence-electron chi connectivity index (χ4n) is 1.36. The van der Waals surface area contributed by atoms with E-state index in [1.54, 1.807) is 0 Å². The summed E-state index contributed by atoms with van der Waals surface area (Å²) in [7, 11) is -7.33. The van der Waals surface area contributed by atoms with Gasteiger partial charge in [-0.05, 0) is 0 Å². The fraction of sp³-hybridized carbons (Fsp3) is 0.857. The molecule has 0 atom stereocenters. The van der Waals surface area contributed by atoms with Gasteiger partial charge < -0.3 is 0 Å². The van der Waals surface area contributed by atoms with Crippen molar-refractivity contribution >= 4 is 25.6 Å². The zero-order valence-corrected chi connectivity index (χ0v) is 9.97. The minimum Gasteiger partial charge on any atom is -0.300 e. The first kappa shape index (κ1) is 12.6. The Balaban J connectivity index is 2.75. The van der Waals surface area contributed by atoms with Gasteiger partial charge in [0.05, 0.1) is 0 Å². The number of ketones is 1. The van der Waals surface area contributed by atoms with Crippen LogP contribution in [0.25, 0.3) is 0 Å². The Morgan fingerprint density at radius 1 is 1.13 bits per heavy atom. The lowest BCUT2D eigenvalue weighted by Gasteiger charge is -2.24. The molecule has 1 aliphatic rings. The van der Waals surface area contributed by atoms with Crippen LogP contribution in [-0.4, -0.2) is 51.4 Å². The van der Waals surface area contributed by atoms with Crippen LogP contribution in [0.1, 0.15) is 12.8 Å². The molecular formula is C7H13NO5S2. The van der Waals surface area contributed by atoms with E-state index in [1.807, 2.05) is 0 Å². The number of Topliss-reactive ketones (excluding diaryl/α,β-unsaturated/α-hetero) is 1. The normalized spacial score (nSPS) is 20.5. The first-order valence-corrected chi connectivity index (χ1v) is 8.05. The second-order valence-electron chi connectivity index (χ2n) is 3.59. The summed E-state index contributed by atoms with van der Waals surface area (Å²) >= 11 is 0. The van der Waals surface area contributed by atoms with Gasteiger partial charge in [-0.1, -0.05) is 0 Å². The SMILES string of the molecule is CS(=O)(=O)CS(=O)(=O)N1CCC(=O)CC1. The maximum Gasteiger partial charge on any atom is 0.228 e. The van der Waals surface area contributed by atoms with E-state index >= 15 is 0 Å². The van der Waals surface area contributed by atoms with E-state index in [9.17, 15) is 21.6 Å². The van der Waals surface area contributed by atoms with Crippen LogP contribution in [0, 0.1) is 0 Å². The summed E-state index contributed by atoms with van der Waals surface area (Å²) in [6.45, 7) is 0.188. The molecule has 0 amide bonds. The number of piperidine rings is 1. The molecular weight excluding hydrogens is 242 g/mol. The topological polar surface area (TPSA) is 88.6 Å². The highest BCUT2D eigenvalue weighted by Crippen LogP contribution is 2.12. The van der Waals surface area contributed by atoms with Crippen molar-refractivity contribution < 1.29 is 21.6 Å². The average Bonchev–Trinajstić information content (AvgIpc) is 2.00. The number of carbonyl (C=O) groups is 1. The highest BCUT2D eigenvalue weighted by Gasteiger charge is 2.29. The minimum atomic E-state index is -3.77. The Morgan fingerprint density at radius 2 is 1.60 bits per heavy atom. The molecule has 15 heavy (non-hydrogen) atoms. The van der Waals surface area contributed by atoms with Gasteiger partial charge in [-0.2, -0.15) is 0 Å². The molecule has 0 spiro atoms. The van der Waals surface area contributed by atoms with Crippen LogP contribution < -0.4 is 0 Å². The summed E-state index contributed by atoms with van der Waals surface area (Å²) in [4.78, 5) is 10.9. The summed E-state index contributed by atoms with van der Waals surface area (Å²) in [5.41, 5.74) is 0. The van der Waals surface area contributed by atoms with Crippen molar-refractivity contribution in [3.63, 3.8) is 0 Å². The molecule has 0 aromatic heterocycles. The van der Waals surface area contributed by atoms with Gasteiger partial charge in [-0.3, -0.25) is 4.79 Å². The Kier molecular flexibility index (Phi) is 3.51. The van der Waals surface area contributed by atoms with Gasteiger partial charge in [0.1, 0.15) is 5.78 Å². The van der Waals surface area contributed by atoms with E-state index in [4.69, 9.17) is 0 Å². The number of sulfonamides is 1. The molecule has 0 unspecified atom stereocenters. The van der Waals surface area contributed by atoms with Crippen LogP contribution in [0.4, 0.5) is 0 Å². The molecule has 0 bridgehead atoms. The van der Waals surface area contributed by atoms with Gasteiger partial charge in [0, 0.05) is 32.2 Å². The molecule has 1 heterocycles. The Labute approximate surface area is 89.2 Å². The Bertz CT molecular complexity index is 440. The maximum absolute atomic E-state index is 11.5. The molecule has 0 aliphatic carbocycles. The van der Waals surface area contributed by atoms with Gasteiger partial charge in [0.15, 0.2) is 14.9 Å². The summed E-state index contributed by atoms with van der Waals surface area (Å²) in [5, 5.41) is -0.881. The maximum atomic E-state index is 11.5. The first-order chi connectivity index (χ1) is 6.71. The summed E-state index contributed by atoms with van der Waals surface area (Å²) in [6.07, 6.45) is 1.21. The number of sulfone groups is 1. The lowest BCUT2D eigenvalue weighted by molar-refractivity contribution is -0.120. The molecule has 88 valence electrons. The quantitative estimate of drug-likeness (QED) is 0.644. The van der Waals surface area contributed by atoms with Gasteiger partial charge in [0.2, 0.25) is 10.0 Å². The summed E-state index contributed by atoms with van der Waals surface area (Å²) in [5.74, 6) is 0.0146. The average molecular weight is 255 g/mol. The Hall–Kier alpha value is -0.470. The Morgan fingerprint density at radius 3 is 2.00 bits per heavy atom. The second-order valence-corrected chi connectivity index (χ2v) is 8.07. The van der Waals surface area contributed by atoms with Crippen LogP contribution in [0.5, 0.6) is 0 Å². The molecule has 1 saturated heterocycles. The van der Waals surface area contributed by atoms with Crippen molar-refractivity contribution in [1.82, 2.24) is 4.31 Å². The number of nitrogens with zero attached hydrogens (tertiary/aromatic N) is 1. The number of hydrogen-bond donors (Lipinski definition) is 0. The molecule has 0 aromatic carbocycles. The standard InChI is InChI=1S/C7H13NO5S2/c1-14(10,11)6-15(12,13)8-4-2-7(9)3-5-8/h2-6H2,1H3. The number of carbonyl (C=O) groups excluding carboxylic acids is 1. The second kappa shape index (κ2) is 4.18. The van der Waals surface area contributed by atoms with Gasteiger partial charge in [0.25, 0.3) is 0 Å². The largest absolute Gasteiger partial charge is 0.300 e.